The first kappa shape index (κ1) is 14.3. The lowest BCUT2D eigenvalue weighted by molar-refractivity contribution is 0.868. The van der Waals surface area contributed by atoms with E-state index in [2.05, 4.69) is 44.2 Å². The van der Waals surface area contributed by atoms with Gasteiger partial charge in [-0.25, -0.2) is 4.98 Å². The van der Waals surface area contributed by atoms with Crippen molar-refractivity contribution in [3.05, 3.63) is 35.4 Å². The second kappa shape index (κ2) is 5.92. The third kappa shape index (κ3) is 2.91. The van der Waals surface area contributed by atoms with Crippen LogP contribution in [0.15, 0.2) is 24.3 Å². The van der Waals surface area contributed by atoms with Crippen LogP contribution < -0.4 is 4.90 Å². The number of rotatable bonds is 4. The predicted octanol–water partition coefficient (Wildman–Crippen LogP) is 3.88. The number of benzene rings is 1. The van der Waals surface area contributed by atoms with E-state index in [0.29, 0.717) is 12.3 Å². The molecule has 0 aliphatic rings. The molecule has 0 unspecified atom stereocenters. The van der Waals surface area contributed by atoms with E-state index in [9.17, 15) is 0 Å². The Morgan fingerprint density at radius 1 is 1.25 bits per heavy atom. The highest BCUT2D eigenvalue weighted by Crippen LogP contribution is 2.26. The summed E-state index contributed by atoms with van der Waals surface area (Å²) in [6, 6.07) is 10.8. The third-order valence-electron chi connectivity index (χ3n) is 3.49. The Kier molecular flexibility index (Phi) is 4.24. The lowest BCUT2D eigenvalue weighted by Crippen LogP contribution is -2.13. The van der Waals surface area contributed by atoms with Crippen molar-refractivity contribution in [2.24, 2.45) is 0 Å². The minimum Gasteiger partial charge on any atom is -0.362 e. The van der Waals surface area contributed by atoms with E-state index in [1.54, 1.807) is 0 Å². The van der Waals surface area contributed by atoms with Crippen LogP contribution in [0.25, 0.3) is 10.9 Å². The fourth-order valence-electron chi connectivity index (χ4n) is 2.35. The Labute approximate surface area is 120 Å². The molecule has 104 valence electrons. The molecular weight excluding hydrogens is 246 g/mol. The van der Waals surface area contributed by atoms with Crippen LogP contribution in [0.3, 0.4) is 0 Å². The maximum Gasteiger partial charge on any atom is 0.131 e. The van der Waals surface area contributed by atoms with Gasteiger partial charge in [0.1, 0.15) is 5.82 Å². The molecule has 2 aromatic rings. The summed E-state index contributed by atoms with van der Waals surface area (Å²) in [5.41, 5.74) is 3.48. The summed E-state index contributed by atoms with van der Waals surface area (Å²) in [5, 5.41) is 9.97. The van der Waals surface area contributed by atoms with Gasteiger partial charge in [0.15, 0.2) is 0 Å². The molecule has 0 bridgehead atoms. The molecule has 0 saturated heterocycles. The van der Waals surface area contributed by atoms with E-state index in [4.69, 9.17) is 10.2 Å². The number of hydrogen-bond acceptors (Lipinski definition) is 3. The summed E-state index contributed by atoms with van der Waals surface area (Å²) in [6.07, 6.45) is 1.27. The van der Waals surface area contributed by atoms with Crippen LogP contribution in [0, 0.1) is 11.3 Å². The molecule has 0 saturated carbocycles. The van der Waals surface area contributed by atoms with Gasteiger partial charge in [-0.2, -0.15) is 5.26 Å². The predicted molar refractivity (Wildman–Crippen MR) is 84.1 cm³/mol. The highest BCUT2D eigenvalue weighted by atomic mass is 15.1. The van der Waals surface area contributed by atoms with Crippen LogP contribution in [0.1, 0.15) is 37.3 Å². The van der Waals surface area contributed by atoms with Crippen LogP contribution in [-0.2, 0) is 6.42 Å². The lowest BCUT2D eigenvalue weighted by Gasteiger charge is -2.17. The van der Waals surface area contributed by atoms with Crippen LogP contribution >= 0.6 is 0 Å². The summed E-state index contributed by atoms with van der Waals surface area (Å²) in [4.78, 5) is 6.76. The molecule has 1 aromatic heterocycles. The van der Waals surface area contributed by atoms with Crippen molar-refractivity contribution < 1.29 is 0 Å². The SMILES string of the molecule is CC(C)c1ccc2nc(N(C)C)c(CCC#N)cc2c1. The number of fused-ring (bicyclic) bond motifs is 1. The molecule has 0 radical (unpaired) electrons. The van der Waals surface area contributed by atoms with E-state index in [1.807, 2.05) is 19.0 Å². The van der Waals surface area contributed by atoms with Crippen LogP contribution in [0.5, 0.6) is 0 Å². The normalized spacial score (nSPS) is 10.8. The van der Waals surface area contributed by atoms with Crippen molar-refractivity contribution >= 4 is 16.7 Å². The van der Waals surface area contributed by atoms with Crippen molar-refractivity contribution in [3.8, 4) is 6.07 Å². The molecule has 0 aliphatic carbocycles. The molecular formula is C17H21N3. The fourth-order valence-corrected chi connectivity index (χ4v) is 2.35. The molecule has 0 N–H and O–H groups in total. The van der Waals surface area contributed by atoms with Crippen molar-refractivity contribution in [2.45, 2.75) is 32.6 Å². The molecule has 0 atom stereocenters. The van der Waals surface area contributed by atoms with Crippen molar-refractivity contribution in [1.29, 1.82) is 5.26 Å². The van der Waals surface area contributed by atoms with Crippen LogP contribution in [-0.4, -0.2) is 19.1 Å². The number of nitriles is 1. The minimum absolute atomic E-state index is 0.510. The van der Waals surface area contributed by atoms with Crippen LogP contribution in [0.2, 0.25) is 0 Å². The van der Waals surface area contributed by atoms with Gasteiger partial charge in [-0.05, 0) is 41.7 Å². The molecule has 0 aliphatic heterocycles. The summed E-state index contributed by atoms with van der Waals surface area (Å²) in [7, 11) is 3.99. The number of hydrogen-bond donors (Lipinski definition) is 0. The van der Waals surface area contributed by atoms with Gasteiger partial charge < -0.3 is 4.90 Å². The monoisotopic (exact) mass is 267 g/mol. The van der Waals surface area contributed by atoms with Crippen LogP contribution in [0.4, 0.5) is 5.82 Å². The lowest BCUT2D eigenvalue weighted by atomic mass is 9.99. The van der Waals surface area contributed by atoms with Gasteiger partial charge in [0.2, 0.25) is 0 Å². The Morgan fingerprint density at radius 2 is 2.00 bits per heavy atom. The highest BCUT2D eigenvalue weighted by molar-refractivity contribution is 5.82. The smallest absolute Gasteiger partial charge is 0.131 e. The fraction of sp³-hybridized carbons (Fsp3) is 0.412. The minimum atomic E-state index is 0.510. The topological polar surface area (TPSA) is 39.9 Å². The molecule has 0 spiro atoms. The first-order chi connectivity index (χ1) is 9.52. The Morgan fingerprint density at radius 3 is 2.60 bits per heavy atom. The summed E-state index contributed by atoms with van der Waals surface area (Å²) in [5.74, 6) is 1.47. The summed E-state index contributed by atoms with van der Waals surface area (Å²) >= 11 is 0. The molecule has 1 heterocycles. The highest BCUT2D eigenvalue weighted by Gasteiger charge is 2.10. The zero-order valence-electron chi connectivity index (χ0n) is 12.6. The molecule has 3 heteroatoms. The Hall–Kier alpha value is -2.08. The Bertz CT molecular complexity index is 651. The van der Waals surface area contributed by atoms with E-state index >= 15 is 0 Å². The molecule has 20 heavy (non-hydrogen) atoms. The van der Waals surface area contributed by atoms with Gasteiger partial charge in [-0.1, -0.05) is 19.9 Å². The average molecular weight is 267 g/mol. The molecule has 0 amide bonds. The zero-order valence-corrected chi connectivity index (χ0v) is 12.6. The molecule has 1 aromatic carbocycles. The number of anilines is 1. The number of pyridine rings is 1. The number of aryl methyl sites for hydroxylation is 1. The molecule has 2 rings (SSSR count). The zero-order chi connectivity index (χ0) is 14.7. The average Bonchev–Trinajstić information content (AvgIpc) is 2.43. The van der Waals surface area contributed by atoms with E-state index in [0.717, 1.165) is 28.7 Å². The first-order valence-electron chi connectivity index (χ1n) is 7.00. The maximum absolute atomic E-state index is 8.80. The third-order valence-corrected chi connectivity index (χ3v) is 3.49. The summed E-state index contributed by atoms with van der Waals surface area (Å²) in [6.45, 7) is 4.39. The van der Waals surface area contributed by atoms with Gasteiger partial charge >= 0.3 is 0 Å². The molecule has 0 fully saturated rings. The van der Waals surface area contributed by atoms with E-state index in [1.165, 1.54) is 5.56 Å². The summed E-state index contributed by atoms with van der Waals surface area (Å²) < 4.78 is 0. The van der Waals surface area contributed by atoms with Crippen molar-refractivity contribution in [2.75, 3.05) is 19.0 Å². The quantitative estimate of drug-likeness (QED) is 0.844. The van der Waals surface area contributed by atoms with Crippen molar-refractivity contribution in [3.63, 3.8) is 0 Å². The van der Waals surface area contributed by atoms with Crippen molar-refractivity contribution in [1.82, 2.24) is 4.98 Å². The standard InChI is InChI=1S/C17H21N3/c1-12(2)13-7-8-16-15(10-13)11-14(6-5-9-18)17(19-16)20(3)4/h7-8,10-12H,5-6H2,1-4H3. The van der Waals surface area contributed by atoms with Gasteiger partial charge in [-0.15, -0.1) is 0 Å². The first-order valence-corrected chi connectivity index (χ1v) is 7.00. The van der Waals surface area contributed by atoms with E-state index in [-0.39, 0.29) is 0 Å². The maximum atomic E-state index is 8.80. The molecule has 3 nitrogen and oxygen atoms in total. The van der Waals surface area contributed by atoms with Gasteiger partial charge in [0.25, 0.3) is 0 Å². The number of nitrogens with zero attached hydrogens (tertiary/aromatic N) is 3. The van der Waals surface area contributed by atoms with E-state index < -0.39 is 0 Å². The van der Waals surface area contributed by atoms with Gasteiger partial charge in [0.05, 0.1) is 11.6 Å². The second-order valence-corrected chi connectivity index (χ2v) is 5.63. The Balaban J connectivity index is 2.56. The van der Waals surface area contributed by atoms with Gasteiger partial charge in [-0.3, -0.25) is 0 Å². The van der Waals surface area contributed by atoms with Gasteiger partial charge in [0, 0.05) is 25.9 Å². The largest absolute Gasteiger partial charge is 0.362 e. The number of aromatic nitrogens is 1. The second-order valence-electron chi connectivity index (χ2n) is 5.63.